The van der Waals surface area contributed by atoms with Gasteiger partial charge in [-0.2, -0.15) is 5.26 Å². The lowest BCUT2D eigenvalue weighted by atomic mass is 10.2. The molecule has 0 spiro atoms. The standard InChI is InChI=1S/C12H12BrN5O/c13-10-1-2-12(9(5-10)6-14)15-7-11-8-18(3-4-19)17-16-11/h1-2,5,8,15,19H,3-4,7H2. The van der Waals surface area contributed by atoms with Gasteiger partial charge in [0.05, 0.1) is 37.1 Å². The Hall–Kier alpha value is -1.91. The molecule has 0 radical (unpaired) electrons. The van der Waals surface area contributed by atoms with Crippen LogP contribution in [0.5, 0.6) is 0 Å². The van der Waals surface area contributed by atoms with Crippen molar-refractivity contribution in [3.63, 3.8) is 0 Å². The van der Waals surface area contributed by atoms with Crippen LogP contribution in [0.2, 0.25) is 0 Å². The van der Waals surface area contributed by atoms with Crippen molar-refractivity contribution in [1.82, 2.24) is 15.0 Å². The maximum Gasteiger partial charge on any atom is 0.102 e. The van der Waals surface area contributed by atoms with E-state index in [1.807, 2.05) is 12.1 Å². The quantitative estimate of drug-likeness (QED) is 0.871. The minimum Gasteiger partial charge on any atom is -0.394 e. The van der Waals surface area contributed by atoms with Crippen LogP contribution in [-0.4, -0.2) is 26.7 Å². The summed E-state index contributed by atoms with van der Waals surface area (Å²) in [4.78, 5) is 0. The molecule has 2 N–H and O–H groups in total. The molecule has 1 aromatic carbocycles. The summed E-state index contributed by atoms with van der Waals surface area (Å²) in [6, 6.07) is 7.59. The number of halogens is 1. The molecule has 0 saturated heterocycles. The highest BCUT2D eigenvalue weighted by Crippen LogP contribution is 2.20. The summed E-state index contributed by atoms with van der Waals surface area (Å²) < 4.78 is 2.44. The van der Waals surface area contributed by atoms with Gasteiger partial charge in [-0.3, -0.25) is 0 Å². The summed E-state index contributed by atoms with van der Waals surface area (Å²) in [5.74, 6) is 0. The van der Waals surface area contributed by atoms with Crippen LogP contribution in [0.4, 0.5) is 5.69 Å². The Morgan fingerprint density at radius 3 is 3.05 bits per heavy atom. The second kappa shape index (κ2) is 6.31. The first-order chi connectivity index (χ1) is 9.22. The number of aliphatic hydroxyl groups is 1. The van der Waals surface area contributed by atoms with E-state index in [9.17, 15) is 0 Å². The SMILES string of the molecule is N#Cc1cc(Br)ccc1NCc1cn(CCO)nn1. The molecule has 1 aromatic heterocycles. The minimum absolute atomic E-state index is 0.0293. The number of aliphatic hydroxyl groups excluding tert-OH is 1. The van der Waals surface area contributed by atoms with Gasteiger partial charge in [0.1, 0.15) is 11.8 Å². The fraction of sp³-hybridized carbons (Fsp3) is 0.250. The molecule has 6 nitrogen and oxygen atoms in total. The number of nitrogens with one attached hydrogen (secondary N) is 1. The van der Waals surface area contributed by atoms with Crippen molar-refractivity contribution < 1.29 is 5.11 Å². The van der Waals surface area contributed by atoms with E-state index in [1.54, 1.807) is 16.9 Å². The normalized spacial score (nSPS) is 10.2. The fourth-order valence-electron chi connectivity index (χ4n) is 1.58. The predicted molar refractivity (Wildman–Crippen MR) is 73.3 cm³/mol. The summed E-state index contributed by atoms with van der Waals surface area (Å²) in [6.45, 7) is 0.929. The third-order valence-electron chi connectivity index (χ3n) is 2.48. The average Bonchev–Trinajstić information content (AvgIpc) is 2.85. The van der Waals surface area contributed by atoms with Crippen LogP contribution in [0.15, 0.2) is 28.9 Å². The molecule has 2 rings (SSSR count). The molecular weight excluding hydrogens is 310 g/mol. The molecule has 0 aliphatic heterocycles. The van der Waals surface area contributed by atoms with E-state index in [-0.39, 0.29) is 6.61 Å². The summed E-state index contributed by atoms with van der Waals surface area (Å²) in [5, 5.41) is 28.8. The fourth-order valence-corrected chi connectivity index (χ4v) is 1.94. The van der Waals surface area contributed by atoms with Crippen molar-refractivity contribution in [1.29, 1.82) is 5.26 Å². The lowest BCUT2D eigenvalue weighted by molar-refractivity contribution is 0.268. The van der Waals surface area contributed by atoms with Gasteiger partial charge in [0.2, 0.25) is 0 Å². The summed E-state index contributed by atoms with van der Waals surface area (Å²) in [7, 11) is 0. The summed E-state index contributed by atoms with van der Waals surface area (Å²) in [6.07, 6.45) is 1.76. The van der Waals surface area contributed by atoms with Crippen LogP contribution in [-0.2, 0) is 13.1 Å². The summed E-state index contributed by atoms with van der Waals surface area (Å²) in [5.41, 5.74) is 2.07. The molecule has 0 bridgehead atoms. The van der Waals surface area contributed by atoms with Crippen LogP contribution in [0.3, 0.4) is 0 Å². The number of nitrogens with zero attached hydrogens (tertiary/aromatic N) is 4. The molecule has 0 amide bonds. The van der Waals surface area contributed by atoms with Gasteiger partial charge in [-0.05, 0) is 18.2 Å². The number of benzene rings is 1. The zero-order valence-corrected chi connectivity index (χ0v) is 11.6. The Kier molecular flexibility index (Phi) is 4.49. The minimum atomic E-state index is 0.0293. The highest BCUT2D eigenvalue weighted by atomic mass is 79.9. The van der Waals surface area contributed by atoms with Crippen LogP contribution in [0.1, 0.15) is 11.3 Å². The molecule has 98 valence electrons. The number of anilines is 1. The van der Waals surface area contributed by atoms with Gasteiger partial charge in [0, 0.05) is 4.47 Å². The lowest BCUT2D eigenvalue weighted by Crippen LogP contribution is -2.02. The molecule has 0 aliphatic rings. The molecule has 1 heterocycles. The van der Waals surface area contributed by atoms with Gasteiger partial charge < -0.3 is 10.4 Å². The van der Waals surface area contributed by atoms with Crippen molar-refractivity contribution in [3.8, 4) is 6.07 Å². The summed E-state index contributed by atoms with van der Waals surface area (Å²) >= 11 is 3.33. The average molecular weight is 322 g/mol. The third-order valence-corrected chi connectivity index (χ3v) is 2.97. The van der Waals surface area contributed by atoms with Gasteiger partial charge in [-0.15, -0.1) is 5.10 Å². The van der Waals surface area contributed by atoms with E-state index >= 15 is 0 Å². The van der Waals surface area contributed by atoms with Crippen molar-refractivity contribution in [2.45, 2.75) is 13.1 Å². The Labute approximate surface area is 118 Å². The van der Waals surface area contributed by atoms with Crippen molar-refractivity contribution >= 4 is 21.6 Å². The zero-order valence-electron chi connectivity index (χ0n) is 10.0. The third kappa shape index (κ3) is 3.53. The molecule has 0 atom stereocenters. The molecule has 7 heteroatoms. The first-order valence-electron chi connectivity index (χ1n) is 5.66. The van der Waals surface area contributed by atoms with E-state index in [0.717, 1.165) is 15.9 Å². The number of rotatable bonds is 5. The number of aromatic nitrogens is 3. The monoisotopic (exact) mass is 321 g/mol. The van der Waals surface area contributed by atoms with Crippen molar-refractivity contribution in [2.75, 3.05) is 11.9 Å². The van der Waals surface area contributed by atoms with Gasteiger partial charge in [-0.1, -0.05) is 21.1 Å². The Morgan fingerprint density at radius 1 is 1.47 bits per heavy atom. The van der Waals surface area contributed by atoms with Crippen LogP contribution < -0.4 is 5.32 Å². The van der Waals surface area contributed by atoms with Gasteiger partial charge >= 0.3 is 0 Å². The predicted octanol–water partition coefficient (Wildman–Crippen LogP) is 1.52. The van der Waals surface area contributed by atoms with Gasteiger partial charge in [0.15, 0.2) is 0 Å². The first-order valence-corrected chi connectivity index (χ1v) is 6.45. The smallest absolute Gasteiger partial charge is 0.102 e. The topological polar surface area (TPSA) is 86.8 Å². The van der Waals surface area contributed by atoms with Crippen LogP contribution in [0.25, 0.3) is 0 Å². The molecule has 0 saturated carbocycles. The maximum absolute atomic E-state index is 9.04. The number of hydrogen-bond acceptors (Lipinski definition) is 5. The first kappa shape index (κ1) is 13.5. The lowest BCUT2D eigenvalue weighted by Gasteiger charge is -2.06. The Bertz CT molecular complexity index is 604. The molecule has 19 heavy (non-hydrogen) atoms. The Balaban J connectivity index is 2.04. The van der Waals surface area contributed by atoms with E-state index < -0.39 is 0 Å². The highest BCUT2D eigenvalue weighted by molar-refractivity contribution is 9.10. The van der Waals surface area contributed by atoms with E-state index in [0.29, 0.717) is 18.7 Å². The van der Waals surface area contributed by atoms with E-state index in [4.69, 9.17) is 10.4 Å². The second-order valence-electron chi connectivity index (χ2n) is 3.85. The molecule has 0 aliphatic carbocycles. The maximum atomic E-state index is 9.04. The molecule has 0 unspecified atom stereocenters. The Morgan fingerprint density at radius 2 is 2.32 bits per heavy atom. The van der Waals surface area contributed by atoms with E-state index in [2.05, 4.69) is 37.6 Å². The number of hydrogen-bond donors (Lipinski definition) is 2. The van der Waals surface area contributed by atoms with Gasteiger partial charge in [-0.25, -0.2) is 4.68 Å². The largest absolute Gasteiger partial charge is 0.394 e. The molecule has 0 fully saturated rings. The zero-order chi connectivity index (χ0) is 13.7. The highest BCUT2D eigenvalue weighted by Gasteiger charge is 2.04. The van der Waals surface area contributed by atoms with E-state index in [1.165, 1.54) is 0 Å². The van der Waals surface area contributed by atoms with Crippen LogP contribution >= 0.6 is 15.9 Å². The second-order valence-corrected chi connectivity index (χ2v) is 4.77. The van der Waals surface area contributed by atoms with Crippen molar-refractivity contribution in [2.24, 2.45) is 0 Å². The van der Waals surface area contributed by atoms with Crippen molar-refractivity contribution in [3.05, 3.63) is 40.1 Å². The molecule has 2 aromatic rings. The van der Waals surface area contributed by atoms with Gasteiger partial charge in [0.25, 0.3) is 0 Å². The van der Waals surface area contributed by atoms with Crippen LogP contribution in [0, 0.1) is 11.3 Å². The number of nitriles is 1. The molecular formula is C12H12BrN5O.